The lowest BCUT2D eigenvalue weighted by Gasteiger charge is -2.37. The van der Waals surface area contributed by atoms with Crippen molar-refractivity contribution in [2.75, 3.05) is 13.2 Å². The summed E-state index contributed by atoms with van der Waals surface area (Å²) in [6.45, 7) is 0.472. The number of halogens is 1. The van der Waals surface area contributed by atoms with E-state index in [0.717, 1.165) is 22.9 Å². The molecule has 2 heterocycles. The molecule has 2 amide bonds. The van der Waals surface area contributed by atoms with Gasteiger partial charge < -0.3 is 20.1 Å². The molecule has 0 bridgehead atoms. The first-order valence-corrected chi connectivity index (χ1v) is 11.0. The van der Waals surface area contributed by atoms with Gasteiger partial charge in [-0.2, -0.15) is 0 Å². The Kier molecular flexibility index (Phi) is 6.38. The second kappa shape index (κ2) is 9.20. The van der Waals surface area contributed by atoms with Crippen molar-refractivity contribution < 1.29 is 24.2 Å². The molecule has 7 nitrogen and oxygen atoms in total. The molecule has 31 heavy (non-hydrogen) atoms. The van der Waals surface area contributed by atoms with Crippen LogP contribution in [0.2, 0.25) is 0 Å². The molecule has 162 valence electrons. The van der Waals surface area contributed by atoms with Crippen LogP contribution in [-0.4, -0.2) is 58.9 Å². The highest BCUT2D eigenvalue weighted by Crippen LogP contribution is 2.27. The lowest BCUT2D eigenvalue weighted by Crippen LogP contribution is -2.58. The molecule has 4 rings (SSSR count). The number of carbonyl (C=O) groups excluding carboxylic acids is 3. The number of ketones is 1. The van der Waals surface area contributed by atoms with Gasteiger partial charge in [0.15, 0.2) is 5.78 Å². The van der Waals surface area contributed by atoms with E-state index in [9.17, 15) is 19.5 Å². The van der Waals surface area contributed by atoms with E-state index < -0.39 is 12.1 Å². The molecule has 0 saturated carbocycles. The van der Waals surface area contributed by atoms with Gasteiger partial charge in [-0.05, 0) is 48.7 Å². The van der Waals surface area contributed by atoms with E-state index in [4.69, 9.17) is 4.74 Å². The fourth-order valence-corrected chi connectivity index (χ4v) is 4.58. The number of carbonyl (C=O) groups is 3. The topological polar surface area (TPSA) is 95.9 Å². The van der Waals surface area contributed by atoms with Crippen LogP contribution in [0.25, 0.3) is 0 Å². The van der Waals surface area contributed by atoms with Gasteiger partial charge >= 0.3 is 0 Å². The van der Waals surface area contributed by atoms with E-state index in [0.29, 0.717) is 12.1 Å². The molecule has 0 radical (unpaired) electrons. The van der Waals surface area contributed by atoms with Crippen LogP contribution in [0.1, 0.15) is 28.8 Å². The highest BCUT2D eigenvalue weighted by Gasteiger charge is 2.45. The molecule has 3 unspecified atom stereocenters. The number of nitrogens with zero attached hydrogens (tertiary/aromatic N) is 1. The molecule has 8 heteroatoms. The van der Waals surface area contributed by atoms with E-state index in [2.05, 4.69) is 21.2 Å². The lowest BCUT2D eigenvalue weighted by atomic mass is 9.95. The average Bonchev–Trinajstić information content (AvgIpc) is 3.15. The third-order valence-corrected chi connectivity index (χ3v) is 6.19. The largest absolute Gasteiger partial charge is 0.508 e. The van der Waals surface area contributed by atoms with Gasteiger partial charge in [0.1, 0.15) is 24.4 Å². The Hall–Kier alpha value is -2.71. The van der Waals surface area contributed by atoms with Crippen LogP contribution in [0.5, 0.6) is 5.75 Å². The Morgan fingerprint density at radius 1 is 1.23 bits per heavy atom. The third-order valence-electron chi connectivity index (χ3n) is 5.69. The Bertz CT molecular complexity index is 994. The van der Waals surface area contributed by atoms with Crippen LogP contribution in [0.3, 0.4) is 0 Å². The van der Waals surface area contributed by atoms with Gasteiger partial charge in [-0.15, -0.1) is 0 Å². The first-order chi connectivity index (χ1) is 14.9. The summed E-state index contributed by atoms with van der Waals surface area (Å²) in [6, 6.07) is 12.0. The highest BCUT2D eigenvalue weighted by molar-refractivity contribution is 9.10. The number of amides is 2. The Morgan fingerprint density at radius 2 is 2.00 bits per heavy atom. The smallest absolute Gasteiger partial charge is 0.251 e. The maximum absolute atomic E-state index is 13.5. The summed E-state index contributed by atoms with van der Waals surface area (Å²) in [6.07, 6.45) is 1.45. The fourth-order valence-electron chi connectivity index (χ4n) is 4.18. The summed E-state index contributed by atoms with van der Waals surface area (Å²) in [5, 5.41) is 12.4. The van der Waals surface area contributed by atoms with Crippen LogP contribution < -0.4 is 5.32 Å². The molecule has 2 aromatic carbocycles. The summed E-state index contributed by atoms with van der Waals surface area (Å²) >= 11 is 3.36. The number of likely N-dealkylation sites (tertiary alicyclic amines) is 1. The Morgan fingerprint density at radius 3 is 2.74 bits per heavy atom. The van der Waals surface area contributed by atoms with Crippen molar-refractivity contribution in [1.29, 1.82) is 0 Å². The van der Waals surface area contributed by atoms with Crippen LogP contribution >= 0.6 is 15.9 Å². The summed E-state index contributed by atoms with van der Waals surface area (Å²) in [5.41, 5.74) is 1.21. The molecule has 0 spiro atoms. The summed E-state index contributed by atoms with van der Waals surface area (Å²) in [4.78, 5) is 40.4. The van der Waals surface area contributed by atoms with Gasteiger partial charge in [-0.3, -0.25) is 14.4 Å². The number of hydrogen-bond donors (Lipinski definition) is 2. The molecule has 3 atom stereocenters. The highest BCUT2D eigenvalue weighted by atomic mass is 79.9. The number of hydrogen-bond acceptors (Lipinski definition) is 5. The van der Waals surface area contributed by atoms with Gasteiger partial charge in [0, 0.05) is 23.0 Å². The van der Waals surface area contributed by atoms with Crippen LogP contribution in [0, 0.1) is 0 Å². The van der Waals surface area contributed by atoms with E-state index in [1.165, 1.54) is 12.1 Å². The Labute approximate surface area is 188 Å². The first kappa shape index (κ1) is 21.5. The number of phenolic OH excluding ortho intramolecular Hbond substituents is 1. The number of aromatic hydroxyl groups is 1. The van der Waals surface area contributed by atoms with Crippen molar-refractivity contribution in [1.82, 2.24) is 10.2 Å². The number of rotatable bonds is 5. The van der Waals surface area contributed by atoms with Gasteiger partial charge in [-0.25, -0.2) is 0 Å². The minimum Gasteiger partial charge on any atom is -0.508 e. The van der Waals surface area contributed by atoms with E-state index in [-0.39, 0.29) is 42.5 Å². The quantitative estimate of drug-likeness (QED) is 0.676. The third kappa shape index (κ3) is 4.80. The van der Waals surface area contributed by atoms with Crippen molar-refractivity contribution in [3.63, 3.8) is 0 Å². The zero-order valence-corrected chi connectivity index (χ0v) is 18.4. The minimum absolute atomic E-state index is 0.0200. The van der Waals surface area contributed by atoms with Crippen molar-refractivity contribution >= 4 is 33.5 Å². The first-order valence-electron chi connectivity index (χ1n) is 10.2. The molecule has 0 aliphatic carbocycles. The zero-order chi connectivity index (χ0) is 22.0. The zero-order valence-electron chi connectivity index (χ0n) is 16.8. The number of nitrogens with one attached hydrogen (secondary N) is 1. The number of fused-ring (bicyclic) bond motifs is 1. The van der Waals surface area contributed by atoms with Crippen molar-refractivity contribution in [3.05, 3.63) is 64.1 Å². The normalized spacial score (nSPS) is 21.5. The molecule has 2 N–H and O–H groups in total. The predicted octanol–water partition coefficient (Wildman–Crippen LogP) is 2.45. The van der Waals surface area contributed by atoms with Crippen LogP contribution in [-0.2, 0) is 20.7 Å². The molecule has 2 fully saturated rings. The van der Waals surface area contributed by atoms with Crippen molar-refractivity contribution in [2.24, 2.45) is 0 Å². The molecule has 2 aromatic rings. The number of Topliss-reactive ketones (excluding diaryl/α,β-unsaturated/α-hetero) is 1. The predicted molar refractivity (Wildman–Crippen MR) is 117 cm³/mol. The second-order valence-electron chi connectivity index (χ2n) is 7.84. The average molecular weight is 487 g/mol. The van der Waals surface area contributed by atoms with E-state index in [1.807, 2.05) is 6.07 Å². The lowest BCUT2D eigenvalue weighted by molar-refractivity contribution is -0.142. The van der Waals surface area contributed by atoms with Gasteiger partial charge in [-0.1, -0.05) is 34.1 Å². The van der Waals surface area contributed by atoms with Crippen molar-refractivity contribution in [3.8, 4) is 5.75 Å². The number of benzene rings is 2. The fraction of sp³-hybridized carbons (Fsp3) is 0.348. The van der Waals surface area contributed by atoms with Crippen LogP contribution in [0.15, 0.2) is 53.0 Å². The van der Waals surface area contributed by atoms with Crippen LogP contribution in [0.4, 0.5) is 0 Å². The molecule has 2 aliphatic rings. The standard InChI is InChI=1S/C23H23BrN2O5/c24-16-4-1-3-15(12-16)22(29)25-18(11-14-6-8-17(27)9-7-14)23(30)26-10-2-5-20-21(26)19(28)13-31-20/h1,3-4,6-9,12,18,20-21,27H,2,5,10-11,13H2,(H,25,29). The number of ether oxygens (including phenoxy) is 1. The summed E-state index contributed by atoms with van der Waals surface area (Å²) < 4.78 is 6.32. The molecule has 2 aliphatic heterocycles. The van der Waals surface area contributed by atoms with E-state index >= 15 is 0 Å². The summed E-state index contributed by atoms with van der Waals surface area (Å²) in [5.74, 6) is -0.650. The monoisotopic (exact) mass is 486 g/mol. The SMILES string of the molecule is O=C(NC(Cc1ccc(O)cc1)C(=O)N1CCCC2OCC(=O)C21)c1cccc(Br)c1. The van der Waals surface area contributed by atoms with Gasteiger partial charge in [0.25, 0.3) is 5.91 Å². The maximum Gasteiger partial charge on any atom is 0.251 e. The second-order valence-corrected chi connectivity index (χ2v) is 8.76. The Balaban J connectivity index is 1.59. The van der Waals surface area contributed by atoms with Crippen molar-refractivity contribution in [2.45, 2.75) is 37.5 Å². The maximum atomic E-state index is 13.5. The number of piperidine rings is 1. The summed E-state index contributed by atoms with van der Waals surface area (Å²) in [7, 11) is 0. The van der Waals surface area contributed by atoms with Gasteiger partial charge in [0.05, 0.1) is 6.10 Å². The molecular weight excluding hydrogens is 464 g/mol. The molecular formula is C23H23BrN2O5. The molecule has 2 saturated heterocycles. The van der Waals surface area contributed by atoms with Gasteiger partial charge in [0.2, 0.25) is 5.91 Å². The number of phenols is 1. The van der Waals surface area contributed by atoms with E-state index in [1.54, 1.807) is 35.2 Å². The molecule has 0 aromatic heterocycles. The minimum atomic E-state index is -0.858.